The van der Waals surface area contributed by atoms with Crippen LogP contribution < -0.4 is 4.74 Å². The number of amides is 1. The summed E-state index contributed by atoms with van der Waals surface area (Å²) < 4.78 is 12.4. The number of hydrogen-bond acceptors (Lipinski definition) is 4. The lowest BCUT2D eigenvalue weighted by Crippen LogP contribution is -2.30. The molecule has 0 atom stereocenters. The number of aliphatic hydroxyl groups is 1. The second kappa shape index (κ2) is 9.57. The summed E-state index contributed by atoms with van der Waals surface area (Å²) in [5.41, 5.74) is 4.62. The van der Waals surface area contributed by atoms with Crippen LogP contribution in [-0.2, 0) is 11.3 Å². The molecule has 5 nitrogen and oxygen atoms in total. The number of para-hydroxylation sites is 1. The van der Waals surface area contributed by atoms with E-state index in [1.54, 1.807) is 20.9 Å². The monoisotopic (exact) mass is 509 g/mol. The van der Waals surface area contributed by atoms with Gasteiger partial charge in [-0.15, -0.1) is 0 Å². The Kier molecular flexibility index (Phi) is 6.77. The van der Waals surface area contributed by atoms with Crippen molar-refractivity contribution in [3.05, 3.63) is 87.9 Å². The van der Waals surface area contributed by atoms with Crippen LogP contribution in [0.3, 0.4) is 0 Å². The topological polar surface area (TPSA) is 59.0 Å². The Balaban J connectivity index is 1.44. The van der Waals surface area contributed by atoms with Crippen LogP contribution in [-0.4, -0.2) is 42.0 Å². The molecule has 1 aliphatic carbocycles. The normalized spacial score (nSPS) is 12.8. The van der Waals surface area contributed by atoms with E-state index in [1.165, 1.54) is 27.2 Å². The van der Waals surface area contributed by atoms with Gasteiger partial charge in [0.2, 0.25) is 0 Å². The fraction of sp³-hybridized carbons (Fsp3) is 0.296. The number of fused-ring (bicyclic) bond motifs is 3. The quantitative estimate of drug-likeness (QED) is 0.425. The van der Waals surface area contributed by atoms with E-state index >= 15 is 0 Å². The highest BCUT2D eigenvalue weighted by Crippen LogP contribution is 2.44. The Bertz CT molecular complexity index is 1110. The number of carbonyl (C=O) groups excluding carboxylic acids is 1. The first-order valence-electron chi connectivity index (χ1n) is 10.9. The molecule has 0 aliphatic heterocycles. The van der Waals surface area contributed by atoms with E-state index in [9.17, 15) is 9.90 Å². The molecule has 4 rings (SSSR count). The number of hydrogen-bond donors (Lipinski definition) is 1. The minimum atomic E-state index is -0.967. The molecule has 0 bridgehead atoms. The van der Waals surface area contributed by atoms with Crippen molar-refractivity contribution in [2.45, 2.75) is 31.9 Å². The zero-order valence-electron chi connectivity index (χ0n) is 19.0. The van der Waals surface area contributed by atoms with Crippen LogP contribution in [0, 0.1) is 0 Å². The third kappa shape index (κ3) is 5.23. The zero-order valence-corrected chi connectivity index (χ0v) is 20.6. The van der Waals surface area contributed by atoms with Gasteiger partial charge in [-0.1, -0.05) is 60.7 Å². The van der Waals surface area contributed by atoms with Gasteiger partial charge in [-0.3, -0.25) is 0 Å². The van der Waals surface area contributed by atoms with Crippen LogP contribution in [0.2, 0.25) is 0 Å². The maximum absolute atomic E-state index is 12.9. The molecule has 0 fully saturated rings. The van der Waals surface area contributed by atoms with Crippen LogP contribution in [0.5, 0.6) is 5.75 Å². The van der Waals surface area contributed by atoms with Crippen molar-refractivity contribution in [3.63, 3.8) is 0 Å². The van der Waals surface area contributed by atoms with Gasteiger partial charge in [0.15, 0.2) is 0 Å². The van der Waals surface area contributed by atoms with Crippen LogP contribution in [0.4, 0.5) is 4.79 Å². The summed E-state index contributed by atoms with van der Waals surface area (Å²) in [6.07, 6.45) is -0.398. The number of carbonyl (C=O) groups is 1. The van der Waals surface area contributed by atoms with E-state index in [0.717, 1.165) is 10.0 Å². The molecule has 1 aliphatic rings. The molecule has 6 heteroatoms. The Morgan fingerprint density at radius 1 is 1.00 bits per heavy atom. The molecule has 33 heavy (non-hydrogen) atoms. The second-order valence-electron chi connectivity index (χ2n) is 8.99. The van der Waals surface area contributed by atoms with E-state index in [-0.39, 0.29) is 19.1 Å². The Morgan fingerprint density at radius 3 is 2.21 bits per heavy atom. The van der Waals surface area contributed by atoms with Gasteiger partial charge in [0.1, 0.15) is 19.0 Å². The fourth-order valence-electron chi connectivity index (χ4n) is 4.11. The van der Waals surface area contributed by atoms with Gasteiger partial charge in [-0.05, 0) is 58.1 Å². The molecule has 3 aromatic carbocycles. The van der Waals surface area contributed by atoms with Crippen molar-refractivity contribution < 1.29 is 19.4 Å². The minimum absolute atomic E-state index is 0.0197. The summed E-state index contributed by atoms with van der Waals surface area (Å²) in [6, 6.07) is 22.2. The average Bonchev–Trinajstić information content (AvgIpc) is 3.10. The molecule has 1 amide bonds. The predicted molar refractivity (Wildman–Crippen MR) is 132 cm³/mol. The van der Waals surface area contributed by atoms with Gasteiger partial charge in [0.05, 0.1) is 16.6 Å². The van der Waals surface area contributed by atoms with Gasteiger partial charge in [-0.2, -0.15) is 0 Å². The highest BCUT2D eigenvalue weighted by atomic mass is 79.9. The van der Waals surface area contributed by atoms with Crippen molar-refractivity contribution in [2.75, 3.05) is 20.3 Å². The highest BCUT2D eigenvalue weighted by Gasteiger charge is 2.29. The summed E-state index contributed by atoms with van der Waals surface area (Å²) >= 11 is 3.51. The zero-order chi connectivity index (χ0) is 23.6. The summed E-state index contributed by atoms with van der Waals surface area (Å²) in [4.78, 5) is 14.4. The predicted octanol–water partition coefficient (Wildman–Crippen LogP) is 5.98. The van der Waals surface area contributed by atoms with Gasteiger partial charge in [0.25, 0.3) is 0 Å². The largest absolute Gasteiger partial charge is 0.489 e. The van der Waals surface area contributed by atoms with Crippen molar-refractivity contribution in [1.82, 2.24) is 4.90 Å². The molecular formula is C27H28BrNO4. The molecule has 172 valence electrons. The summed E-state index contributed by atoms with van der Waals surface area (Å²) in [6.45, 7) is 4.10. The summed E-state index contributed by atoms with van der Waals surface area (Å²) in [5, 5.41) is 10.0. The van der Waals surface area contributed by atoms with E-state index in [0.29, 0.717) is 12.3 Å². The highest BCUT2D eigenvalue weighted by molar-refractivity contribution is 9.10. The fourth-order valence-corrected chi connectivity index (χ4v) is 4.63. The molecular weight excluding hydrogens is 482 g/mol. The molecule has 0 aromatic heterocycles. The average molecular weight is 510 g/mol. The van der Waals surface area contributed by atoms with Crippen LogP contribution >= 0.6 is 15.9 Å². The molecule has 0 heterocycles. The molecule has 1 N–H and O–H groups in total. The van der Waals surface area contributed by atoms with E-state index in [2.05, 4.69) is 40.2 Å². The van der Waals surface area contributed by atoms with Crippen LogP contribution in [0.15, 0.2) is 71.2 Å². The number of nitrogens with zero attached hydrogens (tertiary/aromatic N) is 1. The molecule has 0 spiro atoms. The first-order valence-corrected chi connectivity index (χ1v) is 11.7. The van der Waals surface area contributed by atoms with Gasteiger partial charge < -0.3 is 19.5 Å². The van der Waals surface area contributed by atoms with E-state index in [1.807, 2.05) is 42.5 Å². The summed E-state index contributed by atoms with van der Waals surface area (Å²) in [5.74, 6) is 0.629. The van der Waals surface area contributed by atoms with Crippen molar-refractivity contribution >= 4 is 22.0 Å². The van der Waals surface area contributed by atoms with Gasteiger partial charge in [0, 0.05) is 18.5 Å². The molecule has 0 unspecified atom stereocenters. The lowest BCUT2D eigenvalue weighted by molar-refractivity contribution is 0.0276. The Hall–Kier alpha value is -2.83. The lowest BCUT2D eigenvalue weighted by Gasteiger charge is -2.23. The van der Waals surface area contributed by atoms with Crippen LogP contribution in [0.1, 0.15) is 36.5 Å². The standard InChI is InChI=1S/C27H28BrNO4/c1-27(2,31)17-33-25-18(9-8-14-24(25)28)15-29(3)26(30)32-16-23-21-12-6-4-10-19(21)20-11-5-7-13-22(20)23/h4-14,23,31H,15-17H2,1-3H3. The van der Waals surface area contributed by atoms with E-state index in [4.69, 9.17) is 9.47 Å². The van der Waals surface area contributed by atoms with Crippen molar-refractivity contribution in [2.24, 2.45) is 0 Å². The maximum atomic E-state index is 12.9. The van der Waals surface area contributed by atoms with Gasteiger partial charge >= 0.3 is 6.09 Å². The third-order valence-corrected chi connectivity index (χ3v) is 6.30. The van der Waals surface area contributed by atoms with E-state index < -0.39 is 11.7 Å². The number of ether oxygens (including phenoxy) is 2. The first kappa shape index (κ1) is 23.3. The van der Waals surface area contributed by atoms with Crippen molar-refractivity contribution in [3.8, 4) is 16.9 Å². The first-order chi connectivity index (χ1) is 15.7. The Labute approximate surface area is 203 Å². The molecule has 0 saturated carbocycles. The lowest BCUT2D eigenvalue weighted by atomic mass is 9.98. The van der Waals surface area contributed by atoms with Crippen molar-refractivity contribution in [1.29, 1.82) is 0 Å². The Morgan fingerprint density at radius 2 is 1.61 bits per heavy atom. The minimum Gasteiger partial charge on any atom is -0.489 e. The molecule has 0 saturated heterocycles. The molecule has 3 aromatic rings. The van der Waals surface area contributed by atoms with Crippen LogP contribution in [0.25, 0.3) is 11.1 Å². The third-order valence-electron chi connectivity index (χ3n) is 5.67. The molecule has 0 radical (unpaired) electrons. The SMILES string of the molecule is CN(Cc1cccc(Br)c1OCC(C)(C)O)C(=O)OCC1c2ccccc2-c2ccccc21. The maximum Gasteiger partial charge on any atom is 0.409 e. The summed E-state index contributed by atoms with van der Waals surface area (Å²) in [7, 11) is 1.71. The number of halogens is 1. The smallest absolute Gasteiger partial charge is 0.409 e. The number of rotatable bonds is 7. The second-order valence-corrected chi connectivity index (χ2v) is 9.84. The number of benzene rings is 3. The van der Waals surface area contributed by atoms with Gasteiger partial charge in [-0.25, -0.2) is 4.79 Å².